The Bertz CT molecular complexity index is 323. The number of hydrogen-bond acceptors (Lipinski definition) is 4. The van der Waals surface area contributed by atoms with E-state index in [4.69, 9.17) is 4.84 Å². The molecule has 2 heterocycles. The molecule has 1 atom stereocenters. The fourth-order valence-corrected chi connectivity index (χ4v) is 1.71. The van der Waals surface area contributed by atoms with E-state index in [-0.39, 0.29) is 18.2 Å². The molecule has 2 amide bonds. The minimum Gasteiger partial charge on any atom is -0.378 e. The number of oxime groups is 1. The van der Waals surface area contributed by atoms with Gasteiger partial charge in [-0.2, -0.15) is 0 Å². The zero-order chi connectivity index (χ0) is 9.64. The fraction of sp³-hybridized carbons (Fsp3) is 0.625. The predicted octanol–water partition coefficient (Wildman–Crippen LogP) is -0.0899. The van der Waals surface area contributed by atoms with Gasteiger partial charge in [0.2, 0.25) is 11.5 Å². The predicted molar refractivity (Wildman–Crippen MR) is 43.9 cm³/mol. The monoisotopic (exact) mass is 182 g/mol. The van der Waals surface area contributed by atoms with Crippen LogP contribution in [0.3, 0.4) is 0 Å². The van der Waals surface area contributed by atoms with Gasteiger partial charge in [-0.15, -0.1) is 0 Å². The molecule has 1 saturated heterocycles. The Morgan fingerprint density at radius 3 is 2.54 bits per heavy atom. The molecule has 0 aromatic rings. The van der Waals surface area contributed by atoms with Crippen molar-refractivity contribution in [2.45, 2.75) is 25.4 Å². The van der Waals surface area contributed by atoms with Crippen LogP contribution in [0.1, 0.15) is 19.8 Å². The first-order valence-corrected chi connectivity index (χ1v) is 4.08. The summed E-state index contributed by atoms with van der Waals surface area (Å²) in [5.74, 6) is -0.479. The van der Waals surface area contributed by atoms with Gasteiger partial charge < -0.3 is 4.84 Å². The van der Waals surface area contributed by atoms with Gasteiger partial charge in [0.25, 0.3) is 5.91 Å². The third-order valence-corrected chi connectivity index (χ3v) is 2.42. The van der Waals surface area contributed by atoms with Crippen LogP contribution in [0.15, 0.2) is 5.16 Å². The maximum atomic E-state index is 11.6. The molecule has 0 aromatic carbocycles. The van der Waals surface area contributed by atoms with Crippen molar-refractivity contribution in [1.29, 1.82) is 0 Å². The molecule has 0 saturated carbocycles. The molecule has 1 spiro atoms. The summed E-state index contributed by atoms with van der Waals surface area (Å²) in [7, 11) is 1.47. The van der Waals surface area contributed by atoms with Gasteiger partial charge in [-0.25, -0.2) is 0 Å². The van der Waals surface area contributed by atoms with Crippen LogP contribution in [0.25, 0.3) is 0 Å². The first-order chi connectivity index (χ1) is 6.05. The van der Waals surface area contributed by atoms with Crippen molar-refractivity contribution >= 4 is 17.5 Å². The zero-order valence-corrected chi connectivity index (χ0v) is 7.53. The van der Waals surface area contributed by atoms with E-state index in [1.807, 2.05) is 0 Å². The van der Waals surface area contributed by atoms with Crippen molar-refractivity contribution < 1.29 is 14.4 Å². The lowest BCUT2D eigenvalue weighted by Gasteiger charge is -2.16. The molecule has 70 valence electrons. The van der Waals surface area contributed by atoms with Crippen molar-refractivity contribution in [2.24, 2.45) is 5.16 Å². The summed E-state index contributed by atoms with van der Waals surface area (Å²) >= 11 is 0. The molecule has 0 bridgehead atoms. The Balaban J connectivity index is 2.28. The third-order valence-electron chi connectivity index (χ3n) is 2.42. The highest BCUT2D eigenvalue weighted by atomic mass is 16.7. The second kappa shape index (κ2) is 2.31. The standard InChI is InChI=1S/C8H10N2O3/c1-5-3-8(13-9-5)4-6(11)10(2)7(8)12/h3-4H2,1-2H3. The van der Waals surface area contributed by atoms with Crippen LogP contribution in [0.5, 0.6) is 0 Å². The van der Waals surface area contributed by atoms with Crippen molar-refractivity contribution in [1.82, 2.24) is 4.90 Å². The maximum absolute atomic E-state index is 11.6. The van der Waals surface area contributed by atoms with E-state index in [2.05, 4.69) is 5.16 Å². The smallest absolute Gasteiger partial charge is 0.276 e. The Morgan fingerprint density at radius 2 is 2.15 bits per heavy atom. The Hall–Kier alpha value is -1.39. The number of carbonyl (C=O) groups is 2. The van der Waals surface area contributed by atoms with Crippen molar-refractivity contribution in [2.75, 3.05) is 7.05 Å². The minimum atomic E-state index is -1.00. The van der Waals surface area contributed by atoms with Gasteiger partial charge in [0, 0.05) is 13.5 Å². The second-order valence-electron chi connectivity index (χ2n) is 3.52. The fourth-order valence-electron chi connectivity index (χ4n) is 1.71. The Labute approximate surface area is 75.3 Å². The number of likely N-dealkylation sites (N-methyl/N-ethyl adjacent to an activating group) is 1. The maximum Gasteiger partial charge on any atom is 0.276 e. The SMILES string of the molecule is CC1=NOC2(CC(=O)N(C)C2=O)C1. The van der Waals surface area contributed by atoms with E-state index in [0.29, 0.717) is 6.42 Å². The number of hydrogen-bond donors (Lipinski definition) is 0. The van der Waals surface area contributed by atoms with E-state index in [1.165, 1.54) is 7.05 Å². The first kappa shape index (κ1) is 8.22. The Morgan fingerprint density at radius 1 is 1.46 bits per heavy atom. The molecule has 0 aromatic heterocycles. The molecule has 0 N–H and O–H groups in total. The number of likely N-dealkylation sites (tertiary alicyclic amines) is 1. The summed E-state index contributed by atoms with van der Waals surface area (Å²) in [4.78, 5) is 29.0. The van der Waals surface area contributed by atoms with Gasteiger partial charge in [0.1, 0.15) is 0 Å². The molecule has 2 aliphatic heterocycles. The summed E-state index contributed by atoms with van der Waals surface area (Å²) < 4.78 is 0. The molecular weight excluding hydrogens is 172 g/mol. The topological polar surface area (TPSA) is 59.0 Å². The highest BCUT2D eigenvalue weighted by Crippen LogP contribution is 2.34. The van der Waals surface area contributed by atoms with Gasteiger partial charge in [-0.3, -0.25) is 14.5 Å². The summed E-state index contributed by atoms with van der Waals surface area (Å²) in [6.45, 7) is 1.78. The molecule has 1 unspecified atom stereocenters. The van der Waals surface area contributed by atoms with Crippen LogP contribution >= 0.6 is 0 Å². The van der Waals surface area contributed by atoms with Gasteiger partial charge in [0.15, 0.2) is 0 Å². The van der Waals surface area contributed by atoms with Crippen LogP contribution in [-0.4, -0.2) is 35.1 Å². The minimum absolute atomic E-state index is 0.114. The number of rotatable bonds is 0. The second-order valence-corrected chi connectivity index (χ2v) is 3.52. The normalized spacial score (nSPS) is 32.8. The summed E-state index contributed by atoms with van der Waals surface area (Å²) in [5.41, 5.74) is -0.243. The van der Waals surface area contributed by atoms with Crippen molar-refractivity contribution in [3.05, 3.63) is 0 Å². The molecular formula is C8H10N2O3. The lowest BCUT2D eigenvalue weighted by Crippen LogP contribution is -2.38. The number of amides is 2. The highest BCUT2D eigenvalue weighted by Gasteiger charge is 2.55. The van der Waals surface area contributed by atoms with Crippen LogP contribution < -0.4 is 0 Å². The Kier molecular flexibility index (Phi) is 1.46. The highest BCUT2D eigenvalue weighted by molar-refractivity contribution is 6.10. The summed E-state index contributed by atoms with van der Waals surface area (Å²) in [6, 6.07) is 0. The largest absolute Gasteiger partial charge is 0.378 e. The molecule has 0 aliphatic carbocycles. The van der Waals surface area contributed by atoms with Crippen LogP contribution in [0, 0.1) is 0 Å². The molecule has 2 aliphatic rings. The molecule has 2 rings (SSSR count). The molecule has 5 nitrogen and oxygen atoms in total. The average molecular weight is 182 g/mol. The lowest BCUT2D eigenvalue weighted by molar-refractivity contribution is -0.146. The van der Waals surface area contributed by atoms with E-state index < -0.39 is 5.60 Å². The van der Waals surface area contributed by atoms with Gasteiger partial charge in [-0.05, 0) is 6.92 Å². The molecule has 1 fully saturated rings. The van der Waals surface area contributed by atoms with Crippen molar-refractivity contribution in [3.8, 4) is 0 Å². The first-order valence-electron chi connectivity index (χ1n) is 4.08. The number of imide groups is 1. The molecule has 0 radical (unpaired) electrons. The molecule has 5 heteroatoms. The number of carbonyl (C=O) groups excluding carboxylic acids is 2. The average Bonchev–Trinajstić information content (AvgIpc) is 2.53. The number of nitrogens with zero attached hydrogens (tertiary/aromatic N) is 2. The van der Waals surface area contributed by atoms with Gasteiger partial charge >= 0.3 is 0 Å². The van der Waals surface area contributed by atoms with Crippen LogP contribution in [-0.2, 0) is 14.4 Å². The van der Waals surface area contributed by atoms with Gasteiger partial charge in [0.05, 0.1) is 12.1 Å². The lowest BCUT2D eigenvalue weighted by atomic mass is 9.96. The van der Waals surface area contributed by atoms with E-state index in [0.717, 1.165) is 10.6 Å². The summed E-state index contributed by atoms with van der Waals surface area (Å²) in [6.07, 6.45) is 0.547. The van der Waals surface area contributed by atoms with E-state index in [9.17, 15) is 9.59 Å². The zero-order valence-electron chi connectivity index (χ0n) is 7.53. The summed E-state index contributed by atoms with van der Waals surface area (Å²) in [5, 5.41) is 3.71. The molecule has 13 heavy (non-hydrogen) atoms. The van der Waals surface area contributed by atoms with E-state index >= 15 is 0 Å². The van der Waals surface area contributed by atoms with E-state index in [1.54, 1.807) is 6.92 Å². The van der Waals surface area contributed by atoms with Crippen LogP contribution in [0.4, 0.5) is 0 Å². The third kappa shape index (κ3) is 0.961. The quantitative estimate of drug-likeness (QED) is 0.492. The van der Waals surface area contributed by atoms with Crippen LogP contribution in [0.2, 0.25) is 0 Å². The van der Waals surface area contributed by atoms with Gasteiger partial charge in [-0.1, -0.05) is 5.16 Å². The van der Waals surface area contributed by atoms with Crippen molar-refractivity contribution in [3.63, 3.8) is 0 Å².